The minimum Gasteiger partial charge on any atom is -0.258 e. The Morgan fingerprint density at radius 3 is 1.59 bits per heavy atom. The number of allylic oxidation sites excluding steroid dienone is 2. The van der Waals surface area contributed by atoms with Crippen LogP contribution in [0.2, 0.25) is 0 Å². The maximum Gasteiger partial charge on any atom is 0.00997 e. The van der Waals surface area contributed by atoms with E-state index in [9.17, 15) is 0 Å². The molecule has 132 valence electrons. The van der Waals surface area contributed by atoms with Crippen molar-refractivity contribution in [1.29, 1.82) is 0 Å². The summed E-state index contributed by atoms with van der Waals surface area (Å²) >= 11 is 0. The Labute approximate surface area is 140 Å². The summed E-state index contributed by atoms with van der Waals surface area (Å²) in [5.41, 5.74) is 6.37. The molecule has 0 spiro atoms. The first-order valence-electron chi connectivity index (χ1n) is 10.0. The predicted octanol–water partition coefficient (Wildman–Crippen LogP) is 6.14. The van der Waals surface area contributed by atoms with Crippen LogP contribution in [0.25, 0.3) is 0 Å². The number of nitrogens with one attached hydrogen (secondary N) is 2. The number of hydrazine groups is 1. The summed E-state index contributed by atoms with van der Waals surface area (Å²) < 4.78 is 0. The summed E-state index contributed by atoms with van der Waals surface area (Å²) in [6, 6.07) is 0. The van der Waals surface area contributed by atoms with Crippen LogP contribution in [-0.2, 0) is 0 Å². The van der Waals surface area contributed by atoms with E-state index in [1.165, 1.54) is 89.9 Å². The highest BCUT2D eigenvalue weighted by Gasteiger charge is 1.91. The molecule has 0 rings (SSSR count). The average molecular weight is 311 g/mol. The Bertz CT molecular complexity index is 214. The standard InChI is InChI=1S/C20H42N2/c1-3-5-6-7-8-9-10-11-12-13-14-15-16-17-18-19-20-22-21-4-2/h11-12,21-22H,3-10,13-20H2,1-2H3/b12-11-. The zero-order valence-electron chi connectivity index (χ0n) is 15.5. The molecular weight excluding hydrogens is 268 g/mol. The van der Waals surface area contributed by atoms with Gasteiger partial charge in [-0.25, -0.2) is 0 Å². The predicted molar refractivity (Wildman–Crippen MR) is 101 cm³/mol. The lowest BCUT2D eigenvalue weighted by atomic mass is 10.1. The van der Waals surface area contributed by atoms with E-state index in [0.717, 1.165) is 13.1 Å². The number of unbranched alkanes of at least 4 members (excludes halogenated alkanes) is 12. The van der Waals surface area contributed by atoms with Gasteiger partial charge < -0.3 is 0 Å². The van der Waals surface area contributed by atoms with Crippen molar-refractivity contribution in [3.8, 4) is 0 Å². The van der Waals surface area contributed by atoms with Gasteiger partial charge in [0.1, 0.15) is 0 Å². The molecule has 22 heavy (non-hydrogen) atoms. The van der Waals surface area contributed by atoms with Gasteiger partial charge >= 0.3 is 0 Å². The Hall–Kier alpha value is -0.340. The molecule has 0 bridgehead atoms. The smallest absolute Gasteiger partial charge is 0.00997 e. The monoisotopic (exact) mass is 310 g/mol. The fraction of sp³-hybridized carbons (Fsp3) is 0.900. The van der Waals surface area contributed by atoms with Crippen LogP contribution in [0.5, 0.6) is 0 Å². The van der Waals surface area contributed by atoms with Gasteiger partial charge in [-0.2, -0.15) is 0 Å². The van der Waals surface area contributed by atoms with Crippen molar-refractivity contribution < 1.29 is 0 Å². The van der Waals surface area contributed by atoms with E-state index in [0.29, 0.717) is 0 Å². The molecule has 0 amide bonds. The van der Waals surface area contributed by atoms with E-state index in [-0.39, 0.29) is 0 Å². The number of rotatable bonds is 18. The quantitative estimate of drug-likeness (QED) is 0.180. The molecule has 0 aliphatic heterocycles. The Morgan fingerprint density at radius 1 is 0.545 bits per heavy atom. The lowest BCUT2D eigenvalue weighted by Crippen LogP contribution is -2.31. The largest absolute Gasteiger partial charge is 0.258 e. The Morgan fingerprint density at radius 2 is 1.05 bits per heavy atom. The SMILES string of the molecule is CCCCCCCC/C=C\CCCCCCCCNNCC. The topological polar surface area (TPSA) is 24.1 Å². The van der Waals surface area contributed by atoms with E-state index < -0.39 is 0 Å². The summed E-state index contributed by atoms with van der Waals surface area (Å²) in [5, 5.41) is 0. The van der Waals surface area contributed by atoms with Gasteiger partial charge in [0.2, 0.25) is 0 Å². The second-order valence-corrected chi connectivity index (χ2v) is 6.39. The molecule has 0 saturated heterocycles. The molecule has 0 aliphatic carbocycles. The van der Waals surface area contributed by atoms with Crippen molar-refractivity contribution in [3.05, 3.63) is 12.2 Å². The van der Waals surface area contributed by atoms with Crippen LogP contribution < -0.4 is 10.9 Å². The molecule has 0 aromatic rings. The van der Waals surface area contributed by atoms with Crippen LogP contribution in [0.4, 0.5) is 0 Å². The summed E-state index contributed by atoms with van der Waals surface area (Å²) in [4.78, 5) is 0. The van der Waals surface area contributed by atoms with Crippen LogP contribution in [0.3, 0.4) is 0 Å². The molecule has 0 atom stereocenters. The fourth-order valence-electron chi connectivity index (χ4n) is 2.67. The van der Waals surface area contributed by atoms with Gasteiger partial charge in [-0.05, 0) is 32.1 Å². The van der Waals surface area contributed by atoms with Crippen molar-refractivity contribution in [2.24, 2.45) is 0 Å². The lowest BCUT2D eigenvalue weighted by molar-refractivity contribution is 0.511. The fourth-order valence-corrected chi connectivity index (χ4v) is 2.67. The third kappa shape index (κ3) is 19.7. The van der Waals surface area contributed by atoms with Crippen molar-refractivity contribution in [1.82, 2.24) is 10.9 Å². The maximum atomic E-state index is 3.23. The van der Waals surface area contributed by atoms with Gasteiger partial charge in [0.15, 0.2) is 0 Å². The third-order valence-corrected chi connectivity index (χ3v) is 4.12. The van der Waals surface area contributed by atoms with Crippen LogP contribution >= 0.6 is 0 Å². The summed E-state index contributed by atoms with van der Waals surface area (Å²) in [7, 11) is 0. The molecule has 2 heteroatoms. The number of hydrogen-bond acceptors (Lipinski definition) is 2. The number of hydrogen-bond donors (Lipinski definition) is 2. The molecule has 0 aliphatic rings. The molecule has 0 aromatic carbocycles. The average Bonchev–Trinajstić information content (AvgIpc) is 2.54. The second kappa shape index (κ2) is 20.7. The first-order chi connectivity index (χ1) is 10.9. The van der Waals surface area contributed by atoms with E-state index in [1.54, 1.807) is 0 Å². The summed E-state index contributed by atoms with van der Waals surface area (Å²) in [6.07, 6.45) is 24.1. The van der Waals surface area contributed by atoms with Gasteiger partial charge in [-0.3, -0.25) is 10.9 Å². The van der Waals surface area contributed by atoms with Crippen LogP contribution in [0, 0.1) is 0 Å². The van der Waals surface area contributed by atoms with Crippen molar-refractivity contribution >= 4 is 0 Å². The van der Waals surface area contributed by atoms with Gasteiger partial charge in [0.25, 0.3) is 0 Å². The van der Waals surface area contributed by atoms with Crippen molar-refractivity contribution in [3.63, 3.8) is 0 Å². The van der Waals surface area contributed by atoms with Crippen molar-refractivity contribution in [2.45, 2.75) is 104 Å². The molecule has 0 aromatic heterocycles. The minimum atomic E-state index is 1.01. The van der Waals surface area contributed by atoms with E-state index in [4.69, 9.17) is 0 Å². The highest BCUT2D eigenvalue weighted by molar-refractivity contribution is 4.81. The summed E-state index contributed by atoms with van der Waals surface area (Å²) in [6.45, 7) is 6.52. The maximum absolute atomic E-state index is 3.23. The van der Waals surface area contributed by atoms with Gasteiger partial charge in [0.05, 0.1) is 0 Å². The normalized spacial score (nSPS) is 11.5. The Kier molecular flexibility index (Phi) is 20.3. The summed E-state index contributed by atoms with van der Waals surface area (Å²) in [5.74, 6) is 0. The molecule has 0 heterocycles. The van der Waals surface area contributed by atoms with Gasteiger partial charge in [0, 0.05) is 13.1 Å². The molecule has 0 unspecified atom stereocenters. The van der Waals surface area contributed by atoms with E-state index >= 15 is 0 Å². The molecule has 0 saturated carbocycles. The molecule has 2 N–H and O–H groups in total. The zero-order chi connectivity index (χ0) is 16.1. The first kappa shape index (κ1) is 21.7. The molecular formula is C20H42N2. The van der Waals surface area contributed by atoms with Crippen LogP contribution in [-0.4, -0.2) is 13.1 Å². The van der Waals surface area contributed by atoms with Crippen LogP contribution in [0.1, 0.15) is 104 Å². The highest BCUT2D eigenvalue weighted by atomic mass is 15.3. The van der Waals surface area contributed by atoms with E-state index in [2.05, 4.69) is 36.9 Å². The second-order valence-electron chi connectivity index (χ2n) is 6.39. The lowest BCUT2D eigenvalue weighted by Gasteiger charge is -2.04. The third-order valence-electron chi connectivity index (χ3n) is 4.12. The van der Waals surface area contributed by atoms with E-state index in [1.807, 2.05) is 0 Å². The first-order valence-corrected chi connectivity index (χ1v) is 10.0. The Balaban J connectivity index is 3.02. The van der Waals surface area contributed by atoms with Crippen molar-refractivity contribution in [2.75, 3.05) is 13.1 Å². The molecule has 0 radical (unpaired) electrons. The molecule has 2 nitrogen and oxygen atoms in total. The highest BCUT2D eigenvalue weighted by Crippen LogP contribution is 2.09. The van der Waals surface area contributed by atoms with Crippen LogP contribution in [0.15, 0.2) is 12.2 Å². The van der Waals surface area contributed by atoms with Gasteiger partial charge in [-0.15, -0.1) is 0 Å². The van der Waals surface area contributed by atoms with Gasteiger partial charge in [-0.1, -0.05) is 83.8 Å². The molecule has 0 fully saturated rings. The zero-order valence-corrected chi connectivity index (χ0v) is 15.5. The minimum absolute atomic E-state index is 1.01.